The molecule has 0 bridgehead atoms. The molecule has 1 amide bonds. The Bertz CT molecular complexity index is 652. The molecule has 0 aromatic carbocycles. The summed E-state index contributed by atoms with van der Waals surface area (Å²) >= 11 is 1.30. The number of carboxylic acids is 1. The second-order valence-corrected chi connectivity index (χ2v) is 7.24. The summed E-state index contributed by atoms with van der Waals surface area (Å²) in [5.41, 5.74) is 1.13. The van der Waals surface area contributed by atoms with Gasteiger partial charge in [0.1, 0.15) is 5.00 Å². The van der Waals surface area contributed by atoms with Gasteiger partial charge in [-0.2, -0.15) is 0 Å². The molecule has 0 spiro atoms. The zero-order valence-electron chi connectivity index (χ0n) is 14.1. The summed E-state index contributed by atoms with van der Waals surface area (Å²) in [7, 11) is 0. The summed E-state index contributed by atoms with van der Waals surface area (Å²) < 4.78 is 5.06. The van der Waals surface area contributed by atoms with Crippen LogP contribution in [0.25, 0.3) is 0 Å². The predicted octanol–water partition coefficient (Wildman–Crippen LogP) is 2.04. The van der Waals surface area contributed by atoms with Gasteiger partial charge in [-0.05, 0) is 39.2 Å². The topological polar surface area (TPSA) is 95.5 Å². The molecule has 1 aromatic heterocycles. The van der Waals surface area contributed by atoms with Crippen molar-refractivity contribution < 1.29 is 24.2 Å². The van der Waals surface area contributed by atoms with Crippen LogP contribution in [0.2, 0.25) is 0 Å². The Hall–Kier alpha value is -1.89. The number of thiophene rings is 1. The number of carbonyl (C=O) groups excluding carboxylic acids is 3. The van der Waals surface area contributed by atoms with E-state index in [9.17, 15) is 19.5 Å². The standard InChI is InChI=1S/C17H23NO5S/c1-4-23-17(22)13-9(2)10(3)24-15(13)18-14(19)11-7-5-6-8-12(11)16(20)21/h11-12H,4-8H2,1-3H3,(H,18,19)(H,20,21)/p-1. The summed E-state index contributed by atoms with van der Waals surface area (Å²) in [6, 6.07) is 0. The molecule has 1 aliphatic rings. The van der Waals surface area contributed by atoms with Gasteiger partial charge in [0.15, 0.2) is 0 Å². The van der Waals surface area contributed by atoms with Crippen molar-refractivity contribution >= 4 is 34.2 Å². The number of anilines is 1. The SMILES string of the molecule is CCOC(=O)c1c(NC(=O)C2CCCCC2C(=O)[O-])sc(C)c1C. The number of aryl methyl sites for hydroxylation is 1. The summed E-state index contributed by atoms with van der Waals surface area (Å²) in [4.78, 5) is 36.9. The average Bonchev–Trinajstić information content (AvgIpc) is 2.81. The van der Waals surface area contributed by atoms with E-state index in [4.69, 9.17) is 4.74 Å². The highest BCUT2D eigenvalue weighted by atomic mass is 32.1. The fourth-order valence-corrected chi connectivity index (χ4v) is 4.15. The van der Waals surface area contributed by atoms with Crippen molar-refractivity contribution in [1.29, 1.82) is 0 Å². The zero-order chi connectivity index (χ0) is 17.9. The van der Waals surface area contributed by atoms with Gasteiger partial charge in [-0.15, -0.1) is 11.3 Å². The molecule has 7 heteroatoms. The van der Waals surface area contributed by atoms with E-state index < -0.39 is 23.8 Å². The molecule has 1 fully saturated rings. The molecular formula is C17H22NO5S-. The normalized spacial score (nSPS) is 20.5. The molecule has 1 aliphatic carbocycles. The van der Waals surface area contributed by atoms with Crippen molar-refractivity contribution in [3.8, 4) is 0 Å². The molecule has 0 radical (unpaired) electrons. The second kappa shape index (κ2) is 7.79. The van der Waals surface area contributed by atoms with Crippen LogP contribution < -0.4 is 10.4 Å². The Morgan fingerprint density at radius 3 is 2.42 bits per heavy atom. The zero-order valence-corrected chi connectivity index (χ0v) is 15.0. The maximum Gasteiger partial charge on any atom is 0.341 e. The minimum Gasteiger partial charge on any atom is -0.550 e. The van der Waals surface area contributed by atoms with Crippen LogP contribution in [0.5, 0.6) is 0 Å². The number of carbonyl (C=O) groups is 3. The lowest BCUT2D eigenvalue weighted by atomic mass is 9.79. The van der Waals surface area contributed by atoms with E-state index in [-0.39, 0.29) is 12.5 Å². The third-order valence-electron chi connectivity index (χ3n) is 4.51. The highest BCUT2D eigenvalue weighted by Gasteiger charge is 2.33. The highest BCUT2D eigenvalue weighted by molar-refractivity contribution is 7.16. The van der Waals surface area contributed by atoms with Crippen molar-refractivity contribution in [2.75, 3.05) is 11.9 Å². The molecule has 1 saturated carbocycles. The minimum atomic E-state index is -1.18. The van der Waals surface area contributed by atoms with E-state index in [0.29, 0.717) is 23.4 Å². The van der Waals surface area contributed by atoms with Crippen LogP contribution in [-0.4, -0.2) is 24.5 Å². The number of nitrogens with one attached hydrogen (secondary N) is 1. The largest absolute Gasteiger partial charge is 0.550 e. The Kier molecular flexibility index (Phi) is 5.99. The molecule has 132 valence electrons. The molecule has 6 nitrogen and oxygen atoms in total. The number of rotatable bonds is 5. The quantitative estimate of drug-likeness (QED) is 0.818. The predicted molar refractivity (Wildman–Crippen MR) is 88.8 cm³/mol. The molecule has 24 heavy (non-hydrogen) atoms. The Morgan fingerprint density at radius 2 is 1.83 bits per heavy atom. The van der Waals surface area contributed by atoms with Crippen LogP contribution in [0.1, 0.15) is 53.4 Å². The van der Waals surface area contributed by atoms with Gasteiger partial charge in [0.2, 0.25) is 5.91 Å². The number of esters is 1. The highest BCUT2D eigenvalue weighted by Crippen LogP contribution is 2.35. The first-order valence-corrected chi connectivity index (χ1v) is 8.97. The lowest BCUT2D eigenvalue weighted by Gasteiger charge is -2.31. The van der Waals surface area contributed by atoms with Crippen molar-refractivity contribution in [3.05, 3.63) is 16.0 Å². The number of amides is 1. The molecule has 2 rings (SSSR count). The van der Waals surface area contributed by atoms with Crippen LogP contribution in [0.15, 0.2) is 0 Å². The van der Waals surface area contributed by atoms with Gasteiger partial charge in [0, 0.05) is 22.7 Å². The number of hydrogen-bond acceptors (Lipinski definition) is 6. The lowest BCUT2D eigenvalue weighted by molar-refractivity contribution is -0.313. The van der Waals surface area contributed by atoms with E-state index in [2.05, 4.69) is 5.32 Å². The first-order chi connectivity index (χ1) is 11.4. The Balaban J connectivity index is 2.24. The number of ether oxygens (including phenoxy) is 1. The number of carboxylic acid groups (broad SMARTS) is 1. The third-order valence-corrected chi connectivity index (χ3v) is 5.63. The van der Waals surface area contributed by atoms with Gasteiger partial charge < -0.3 is 20.0 Å². The van der Waals surface area contributed by atoms with Crippen LogP contribution >= 0.6 is 11.3 Å². The molecule has 1 N–H and O–H groups in total. The maximum atomic E-state index is 12.6. The van der Waals surface area contributed by atoms with Crippen LogP contribution in [0.4, 0.5) is 5.00 Å². The minimum absolute atomic E-state index is 0.246. The molecule has 2 atom stereocenters. The summed E-state index contributed by atoms with van der Waals surface area (Å²) in [6.45, 7) is 5.63. The fourth-order valence-electron chi connectivity index (χ4n) is 3.10. The lowest BCUT2D eigenvalue weighted by Crippen LogP contribution is -2.42. The van der Waals surface area contributed by atoms with E-state index >= 15 is 0 Å². The molecule has 0 aliphatic heterocycles. The third kappa shape index (κ3) is 3.77. The molecule has 1 aromatic rings. The van der Waals surface area contributed by atoms with E-state index in [1.165, 1.54) is 11.3 Å². The van der Waals surface area contributed by atoms with Gasteiger partial charge >= 0.3 is 5.97 Å². The monoisotopic (exact) mass is 352 g/mol. The second-order valence-electron chi connectivity index (χ2n) is 6.01. The van der Waals surface area contributed by atoms with Gasteiger partial charge in [-0.1, -0.05) is 12.8 Å². The van der Waals surface area contributed by atoms with Crippen LogP contribution in [0.3, 0.4) is 0 Å². The molecule has 0 saturated heterocycles. The molecule has 2 unspecified atom stereocenters. The van der Waals surface area contributed by atoms with E-state index in [1.807, 2.05) is 6.92 Å². The van der Waals surface area contributed by atoms with Gasteiger partial charge in [-0.25, -0.2) is 4.79 Å². The first kappa shape index (κ1) is 18.4. The van der Waals surface area contributed by atoms with Crippen LogP contribution in [0, 0.1) is 25.7 Å². The van der Waals surface area contributed by atoms with Crippen molar-refractivity contribution in [2.45, 2.75) is 46.5 Å². The summed E-state index contributed by atoms with van der Waals surface area (Å²) in [5, 5.41) is 14.5. The Morgan fingerprint density at radius 1 is 1.21 bits per heavy atom. The summed E-state index contributed by atoms with van der Waals surface area (Å²) in [5.74, 6) is -3.42. The first-order valence-electron chi connectivity index (χ1n) is 8.15. The number of aliphatic carboxylic acids is 1. The van der Waals surface area contributed by atoms with Crippen LogP contribution in [-0.2, 0) is 14.3 Å². The van der Waals surface area contributed by atoms with Gasteiger partial charge in [-0.3, -0.25) is 4.79 Å². The summed E-state index contributed by atoms with van der Waals surface area (Å²) in [6.07, 6.45) is 2.57. The average molecular weight is 352 g/mol. The van der Waals surface area contributed by atoms with Crippen molar-refractivity contribution in [3.63, 3.8) is 0 Å². The van der Waals surface area contributed by atoms with E-state index in [1.54, 1.807) is 13.8 Å². The van der Waals surface area contributed by atoms with E-state index in [0.717, 1.165) is 23.3 Å². The smallest absolute Gasteiger partial charge is 0.341 e. The molecular weight excluding hydrogens is 330 g/mol. The van der Waals surface area contributed by atoms with Gasteiger partial charge in [0.05, 0.1) is 12.2 Å². The van der Waals surface area contributed by atoms with Crippen molar-refractivity contribution in [2.24, 2.45) is 11.8 Å². The Labute approximate surface area is 145 Å². The fraction of sp³-hybridized carbons (Fsp3) is 0.588. The number of hydrogen-bond donors (Lipinski definition) is 1. The maximum absolute atomic E-state index is 12.6. The van der Waals surface area contributed by atoms with Gasteiger partial charge in [0.25, 0.3) is 0 Å². The van der Waals surface area contributed by atoms with Crippen molar-refractivity contribution in [1.82, 2.24) is 0 Å². The molecule has 1 heterocycles.